The highest BCUT2D eigenvalue weighted by Gasteiger charge is 2.18. The lowest BCUT2D eigenvalue weighted by Crippen LogP contribution is -2.27. The molecular formula is C18H20ClNO4. The minimum Gasteiger partial charge on any atom is -0.489 e. The van der Waals surface area contributed by atoms with Crippen molar-refractivity contribution < 1.29 is 18.7 Å². The number of amides is 1. The van der Waals surface area contributed by atoms with E-state index in [1.54, 1.807) is 6.07 Å². The van der Waals surface area contributed by atoms with Crippen LogP contribution >= 0.6 is 11.6 Å². The lowest BCUT2D eigenvalue weighted by Gasteiger charge is -2.14. The molecule has 1 N–H and O–H groups in total. The number of ether oxygens (including phenoxy) is 2. The molecule has 24 heavy (non-hydrogen) atoms. The molecule has 1 unspecified atom stereocenters. The van der Waals surface area contributed by atoms with Gasteiger partial charge in [-0.2, -0.15) is 0 Å². The highest BCUT2D eigenvalue weighted by molar-refractivity contribution is 6.32. The second kappa shape index (κ2) is 7.18. The number of aryl methyl sites for hydroxylation is 1. The standard InChI is InChI=1S/C18H20ClNO4/c1-11-4-5-15(24-11)12(2)20-17(21)10-13-8-14(19)18-16(9-13)22-6-3-7-23-18/h4-5,8-9,12H,3,6-7,10H2,1-2H3,(H,20,21). The summed E-state index contributed by atoms with van der Waals surface area (Å²) in [5.74, 6) is 2.59. The van der Waals surface area contributed by atoms with E-state index in [4.69, 9.17) is 25.5 Å². The number of rotatable bonds is 4. The third-order valence-corrected chi connectivity index (χ3v) is 4.07. The zero-order valence-corrected chi connectivity index (χ0v) is 14.5. The van der Waals surface area contributed by atoms with Gasteiger partial charge in [0.1, 0.15) is 11.5 Å². The fourth-order valence-electron chi connectivity index (χ4n) is 2.62. The van der Waals surface area contributed by atoms with Gasteiger partial charge in [-0.1, -0.05) is 11.6 Å². The van der Waals surface area contributed by atoms with Crippen LogP contribution < -0.4 is 14.8 Å². The molecule has 1 aliphatic heterocycles. The fourth-order valence-corrected chi connectivity index (χ4v) is 2.91. The molecule has 1 amide bonds. The van der Waals surface area contributed by atoms with Gasteiger partial charge in [-0.15, -0.1) is 0 Å². The summed E-state index contributed by atoms with van der Waals surface area (Å²) in [4.78, 5) is 12.3. The Kier molecular flexibility index (Phi) is 5.00. The van der Waals surface area contributed by atoms with Crippen LogP contribution in [0.5, 0.6) is 11.5 Å². The van der Waals surface area contributed by atoms with Crippen molar-refractivity contribution in [2.45, 2.75) is 32.7 Å². The van der Waals surface area contributed by atoms with Gasteiger partial charge in [-0.25, -0.2) is 0 Å². The largest absolute Gasteiger partial charge is 0.489 e. The van der Waals surface area contributed by atoms with E-state index in [1.807, 2.05) is 32.0 Å². The third kappa shape index (κ3) is 3.85. The number of benzene rings is 1. The van der Waals surface area contributed by atoms with Gasteiger partial charge >= 0.3 is 0 Å². The zero-order chi connectivity index (χ0) is 17.1. The van der Waals surface area contributed by atoms with Crippen molar-refractivity contribution >= 4 is 17.5 Å². The fraction of sp³-hybridized carbons (Fsp3) is 0.389. The number of hydrogen-bond acceptors (Lipinski definition) is 4. The molecule has 0 spiro atoms. The van der Waals surface area contributed by atoms with Crippen molar-refractivity contribution in [3.63, 3.8) is 0 Å². The van der Waals surface area contributed by atoms with E-state index in [2.05, 4.69) is 5.32 Å². The Bertz CT molecular complexity index is 741. The minimum atomic E-state index is -0.193. The van der Waals surface area contributed by atoms with Gasteiger partial charge in [0.2, 0.25) is 5.91 Å². The molecule has 0 bridgehead atoms. The SMILES string of the molecule is Cc1ccc(C(C)NC(=O)Cc2cc(Cl)c3c(c2)OCCCO3)o1. The van der Waals surface area contributed by atoms with Crippen LogP contribution in [-0.4, -0.2) is 19.1 Å². The molecule has 6 heteroatoms. The predicted molar refractivity (Wildman–Crippen MR) is 90.8 cm³/mol. The summed E-state index contributed by atoms with van der Waals surface area (Å²) in [5, 5.41) is 3.39. The zero-order valence-electron chi connectivity index (χ0n) is 13.7. The molecule has 1 aromatic carbocycles. The van der Waals surface area contributed by atoms with Crippen LogP contribution in [0.4, 0.5) is 0 Å². The van der Waals surface area contributed by atoms with Gasteiger partial charge in [0.05, 0.1) is 30.7 Å². The predicted octanol–water partition coefficient (Wildman–Crippen LogP) is 3.82. The molecule has 2 aromatic rings. The Morgan fingerprint density at radius 3 is 2.83 bits per heavy atom. The minimum absolute atomic E-state index is 0.109. The second-order valence-corrected chi connectivity index (χ2v) is 6.28. The van der Waals surface area contributed by atoms with Gasteiger partial charge in [0.25, 0.3) is 0 Å². The summed E-state index contributed by atoms with van der Waals surface area (Å²) in [6.07, 6.45) is 1.02. The van der Waals surface area contributed by atoms with Crippen molar-refractivity contribution in [3.8, 4) is 11.5 Å². The lowest BCUT2D eigenvalue weighted by atomic mass is 10.1. The molecule has 3 rings (SSSR count). The number of nitrogens with one attached hydrogen (secondary N) is 1. The van der Waals surface area contributed by atoms with E-state index >= 15 is 0 Å². The smallest absolute Gasteiger partial charge is 0.225 e. The van der Waals surface area contributed by atoms with Crippen LogP contribution in [0.15, 0.2) is 28.7 Å². The first kappa shape index (κ1) is 16.7. The molecule has 0 radical (unpaired) electrons. The molecular weight excluding hydrogens is 330 g/mol. The summed E-state index contributed by atoms with van der Waals surface area (Å²) in [7, 11) is 0. The van der Waals surface area contributed by atoms with E-state index in [-0.39, 0.29) is 18.4 Å². The Balaban J connectivity index is 1.68. The summed E-state index contributed by atoms with van der Waals surface area (Å²) in [6.45, 7) is 4.91. The number of carbonyl (C=O) groups is 1. The summed E-state index contributed by atoms with van der Waals surface area (Å²) < 4.78 is 16.8. The van der Waals surface area contributed by atoms with E-state index in [0.717, 1.165) is 23.5 Å². The first-order valence-corrected chi connectivity index (χ1v) is 8.34. The number of fused-ring (bicyclic) bond motifs is 1. The van der Waals surface area contributed by atoms with Crippen molar-refractivity contribution in [1.82, 2.24) is 5.32 Å². The van der Waals surface area contributed by atoms with E-state index < -0.39 is 0 Å². The Hall–Kier alpha value is -2.14. The van der Waals surface area contributed by atoms with Gasteiger partial charge in [0.15, 0.2) is 11.5 Å². The highest BCUT2D eigenvalue weighted by atomic mass is 35.5. The Morgan fingerprint density at radius 2 is 2.08 bits per heavy atom. The Labute approximate surface area is 145 Å². The van der Waals surface area contributed by atoms with E-state index in [9.17, 15) is 4.79 Å². The first-order chi connectivity index (χ1) is 11.5. The van der Waals surface area contributed by atoms with Crippen LogP contribution in [0, 0.1) is 6.92 Å². The van der Waals surface area contributed by atoms with Crippen LogP contribution in [0.2, 0.25) is 5.02 Å². The van der Waals surface area contributed by atoms with Gasteiger partial charge in [-0.05, 0) is 43.7 Å². The normalized spacial score (nSPS) is 14.8. The maximum Gasteiger partial charge on any atom is 0.225 e. The quantitative estimate of drug-likeness (QED) is 0.911. The topological polar surface area (TPSA) is 60.7 Å². The second-order valence-electron chi connectivity index (χ2n) is 5.87. The highest BCUT2D eigenvalue weighted by Crippen LogP contribution is 2.38. The maximum atomic E-state index is 12.3. The van der Waals surface area contributed by atoms with Crippen LogP contribution in [0.1, 0.15) is 36.5 Å². The van der Waals surface area contributed by atoms with Gasteiger partial charge < -0.3 is 19.2 Å². The molecule has 0 fully saturated rings. The van der Waals surface area contributed by atoms with Gasteiger partial charge in [-0.3, -0.25) is 4.79 Å². The monoisotopic (exact) mass is 349 g/mol. The number of halogens is 1. The summed E-state index contributed by atoms with van der Waals surface area (Å²) in [5.41, 5.74) is 0.782. The molecule has 1 atom stereocenters. The lowest BCUT2D eigenvalue weighted by molar-refractivity contribution is -0.121. The molecule has 0 saturated carbocycles. The molecule has 0 aliphatic carbocycles. The first-order valence-electron chi connectivity index (χ1n) is 7.96. The number of furan rings is 1. The van der Waals surface area contributed by atoms with Crippen LogP contribution in [0.25, 0.3) is 0 Å². The van der Waals surface area contributed by atoms with Gasteiger partial charge in [0, 0.05) is 6.42 Å². The summed E-state index contributed by atoms with van der Waals surface area (Å²) >= 11 is 6.26. The maximum absolute atomic E-state index is 12.3. The summed E-state index contributed by atoms with van der Waals surface area (Å²) in [6, 6.07) is 7.11. The van der Waals surface area contributed by atoms with Crippen LogP contribution in [0.3, 0.4) is 0 Å². The third-order valence-electron chi connectivity index (χ3n) is 3.79. The van der Waals surface area contributed by atoms with Crippen molar-refractivity contribution in [1.29, 1.82) is 0 Å². The molecule has 5 nitrogen and oxygen atoms in total. The molecule has 1 aliphatic rings. The number of hydrogen-bond donors (Lipinski definition) is 1. The molecule has 0 saturated heterocycles. The molecule has 1 aromatic heterocycles. The Morgan fingerprint density at radius 1 is 1.29 bits per heavy atom. The van der Waals surface area contributed by atoms with E-state index in [1.165, 1.54) is 0 Å². The van der Waals surface area contributed by atoms with Crippen molar-refractivity contribution in [3.05, 3.63) is 46.4 Å². The van der Waals surface area contributed by atoms with Crippen LogP contribution in [-0.2, 0) is 11.2 Å². The average Bonchev–Trinajstić information content (AvgIpc) is 2.81. The molecule has 128 valence electrons. The number of carbonyl (C=O) groups excluding carboxylic acids is 1. The van der Waals surface area contributed by atoms with Crippen molar-refractivity contribution in [2.75, 3.05) is 13.2 Å². The average molecular weight is 350 g/mol. The molecule has 2 heterocycles. The van der Waals surface area contributed by atoms with E-state index in [0.29, 0.717) is 29.7 Å². The van der Waals surface area contributed by atoms with Crippen molar-refractivity contribution in [2.24, 2.45) is 0 Å².